The molecule has 1 fully saturated rings. The standard InChI is InChI=1S/C7H14N2O3S/c1-7(2,8)6(10)9-5-3-13(11,12)4-5/h5H,3-4,8H2,1-2H3,(H,9,10). The maximum absolute atomic E-state index is 11.2. The zero-order valence-electron chi connectivity index (χ0n) is 7.70. The van der Waals surface area contributed by atoms with E-state index in [-0.39, 0.29) is 23.5 Å². The number of carbonyl (C=O) groups is 1. The molecule has 0 aromatic rings. The Kier molecular flexibility index (Phi) is 2.38. The van der Waals surface area contributed by atoms with Crippen molar-refractivity contribution >= 4 is 15.7 Å². The largest absolute Gasteiger partial charge is 0.350 e. The molecule has 1 aliphatic rings. The van der Waals surface area contributed by atoms with E-state index in [1.165, 1.54) is 0 Å². The van der Waals surface area contributed by atoms with Gasteiger partial charge in [-0.1, -0.05) is 0 Å². The van der Waals surface area contributed by atoms with Crippen LogP contribution in [0.15, 0.2) is 0 Å². The number of nitrogens with one attached hydrogen (secondary N) is 1. The highest BCUT2D eigenvalue weighted by atomic mass is 32.2. The van der Waals surface area contributed by atoms with Gasteiger partial charge in [0.1, 0.15) is 0 Å². The average Bonchev–Trinajstić information content (AvgIpc) is 1.80. The van der Waals surface area contributed by atoms with E-state index in [4.69, 9.17) is 5.73 Å². The molecule has 1 heterocycles. The number of nitrogens with two attached hydrogens (primary N) is 1. The van der Waals surface area contributed by atoms with Crippen molar-refractivity contribution in [3.63, 3.8) is 0 Å². The summed E-state index contributed by atoms with van der Waals surface area (Å²) in [6, 6.07) is -0.250. The van der Waals surface area contributed by atoms with Crippen LogP contribution in [0.2, 0.25) is 0 Å². The SMILES string of the molecule is CC(C)(N)C(=O)NC1CS(=O)(=O)C1. The number of hydrogen-bond acceptors (Lipinski definition) is 4. The Morgan fingerprint density at radius 1 is 1.46 bits per heavy atom. The summed E-state index contributed by atoms with van der Waals surface area (Å²) in [5.74, 6) is -0.240. The molecule has 1 amide bonds. The Bertz CT molecular complexity index is 303. The number of rotatable bonds is 2. The van der Waals surface area contributed by atoms with E-state index >= 15 is 0 Å². The lowest BCUT2D eigenvalue weighted by atomic mass is 10.1. The second-order valence-corrected chi connectivity index (χ2v) is 6.12. The van der Waals surface area contributed by atoms with Crippen molar-refractivity contribution in [1.29, 1.82) is 0 Å². The maximum Gasteiger partial charge on any atom is 0.239 e. The summed E-state index contributed by atoms with van der Waals surface area (Å²) in [5.41, 5.74) is 4.57. The summed E-state index contributed by atoms with van der Waals surface area (Å²) in [6.45, 7) is 3.16. The summed E-state index contributed by atoms with van der Waals surface area (Å²) >= 11 is 0. The quantitative estimate of drug-likeness (QED) is 0.584. The van der Waals surface area contributed by atoms with Crippen molar-refractivity contribution in [1.82, 2.24) is 5.32 Å². The van der Waals surface area contributed by atoms with Crippen molar-refractivity contribution < 1.29 is 13.2 Å². The lowest BCUT2D eigenvalue weighted by molar-refractivity contribution is -0.125. The molecule has 5 nitrogen and oxygen atoms in total. The summed E-state index contributed by atoms with van der Waals surface area (Å²) < 4.78 is 21.5. The number of sulfone groups is 1. The van der Waals surface area contributed by atoms with Crippen molar-refractivity contribution in [3.05, 3.63) is 0 Å². The topological polar surface area (TPSA) is 89.3 Å². The molecule has 0 atom stereocenters. The number of amides is 1. The first-order valence-corrected chi connectivity index (χ1v) is 5.83. The molecule has 0 spiro atoms. The van der Waals surface area contributed by atoms with E-state index < -0.39 is 15.4 Å². The van der Waals surface area contributed by atoms with E-state index in [2.05, 4.69) is 5.32 Å². The van der Waals surface area contributed by atoms with Gasteiger partial charge in [0, 0.05) is 0 Å². The van der Waals surface area contributed by atoms with Crippen LogP contribution in [-0.4, -0.2) is 37.4 Å². The molecule has 0 saturated carbocycles. The van der Waals surface area contributed by atoms with Crippen molar-refractivity contribution in [3.8, 4) is 0 Å². The molecule has 76 valence electrons. The second-order valence-electron chi connectivity index (χ2n) is 3.97. The van der Waals surface area contributed by atoms with Crippen LogP contribution in [0.25, 0.3) is 0 Å². The zero-order valence-corrected chi connectivity index (χ0v) is 8.52. The van der Waals surface area contributed by atoms with Crippen LogP contribution >= 0.6 is 0 Å². The summed E-state index contributed by atoms with van der Waals surface area (Å²) in [4.78, 5) is 11.2. The van der Waals surface area contributed by atoms with E-state index in [1.54, 1.807) is 13.8 Å². The van der Waals surface area contributed by atoms with Crippen LogP contribution in [0.1, 0.15) is 13.8 Å². The van der Waals surface area contributed by atoms with Gasteiger partial charge in [-0.3, -0.25) is 4.79 Å². The van der Waals surface area contributed by atoms with Gasteiger partial charge in [0.2, 0.25) is 5.91 Å². The Morgan fingerprint density at radius 2 is 1.92 bits per heavy atom. The molecule has 0 radical (unpaired) electrons. The maximum atomic E-state index is 11.2. The predicted octanol–water partition coefficient (Wildman–Crippen LogP) is -1.36. The molecule has 13 heavy (non-hydrogen) atoms. The average molecular weight is 206 g/mol. The molecule has 6 heteroatoms. The first-order valence-electron chi connectivity index (χ1n) is 4.01. The zero-order chi connectivity index (χ0) is 10.3. The van der Waals surface area contributed by atoms with Crippen LogP contribution in [0.4, 0.5) is 0 Å². The third kappa shape index (κ3) is 2.67. The Balaban J connectivity index is 2.41. The summed E-state index contributed by atoms with van der Waals surface area (Å²) in [5, 5.41) is 2.57. The molecular formula is C7H14N2O3S. The fraction of sp³-hybridized carbons (Fsp3) is 0.857. The Morgan fingerprint density at radius 3 is 2.23 bits per heavy atom. The van der Waals surface area contributed by atoms with Crippen LogP contribution in [0, 0.1) is 0 Å². The summed E-state index contributed by atoms with van der Waals surface area (Å²) in [7, 11) is -2.88. The van der Waals surface area contributed by atoms with Crippen LogP contribution in [0.3, 0.4) is 0 Å². The third-order valence-corrected chi connectivity index (χ3v) is 3.65. The minimum absolute atomic E-state index is 0.0365. The highest BCUT2D eigenvalue weighted by Crippen LogP contribution is 2.11. The van der Waals surface area contributed by atoms with Crippen LogP contribution in [0.5, 0.6) is 0 Å². The Labute approximate surface area is 77.6 Å². The highest BCUT2D eigenvalue weighted by Gasteiger charge is 2.36. The van der Waals surface area contributed by atoms with Gasteiger partial charge in [0.15, 0.2) is 9.84 Å². The minimum atomic E-state index is -2.88. The first kappa shape index (κ1) is 10.5. The molecule has 0 unspecified atom stereocenters. The van der Waals surface area contributed by atoms with E-state index in [1.807, 2.05) is 0 Å². The second kappa shape index (κ2) is 2.95. The molecule has 0 aromatic carbocycles. The monoisotopic (exact) mass is 206 g/mol. The molecule has 0 bridgehead atoms. The van der Waals surface area contributed by atoms with Gasteiger partial charge in [-0.05, 0) is 13.8 Å². The van der Waals surface area contributed by atoms with Crippen molar-refractivity contribution in [2.75, 3.05) is 11.5 Å². The van der Waals surface area contributed by atoms with E-state index in [0.29, 0.717) is 0 Å². The molecule has 0 aromatic heterocycles. The first-order chi connectivity index (χ1) is 5.71. The molecule has 1 saturated heterocycles. The number of carbonyl (C=O) groups excluding carboxylic acids is 1. The van der Waals surface area contributed by atoms with Gasteiger partial charge >= 0.3 is 0 Å². The highest BCUT2D eigenvalue weighted by molar-refractivity contribution is 7.92. The summed E-state index contributed by atoms with van der Waals surface area (Å²) in [6.07, 6.45) is 0. The third-order valence-electron chi connectivity index (χ3n) is 1.83. The molecule has 1 rings (SSSR count). The van der Waals surface area contributed by atoms with Gasteiger partial charge in [0.25, 0.3) is 0 Å². The van der Waals surface area contributed by atoms with Crippen LogP contribution < -0.4 is 11.1 Å². The lowest BCUT2D eigenvalue weighted by Crippen LogP contribution is -2.59. The smallest absolute Gasteiger partial charge is 0.239 e. The molecule has 1 aliphatic heterocycles. The van der Waals surface area contributed by atoms with Crippen LogP contribution in [-0.2, 0) is 14.6 Å². The lowest BCUT2D eigenvalue weighted by Gasteiger charge is -2.29. The normalized spacial score (nSPS) is 22.1. The van der Waals surface area contributed by atoms with Crippen molar-refractivity contribution in [2.45, 2.75) is 25.4 Å². The van der Waals surface area contributed by atoms with Crippen molar-refractivity contribution in [2.24, 2.45) is 5.73 Å². The molecular weight excluding hydrogens is 192 g/mol. The fourth-order valence-corrected chi connectivity index (χ4v) is 2.31. The molecule has 0 aliphatic carbocycles. The van der Waals surface area contributed by atoms with Gasteiger partial charge < -0.3 is 11.1 Å². The van der Waals surface area contributed by atoms with Gasteiger partial charge in [0.05, 0.1) is 23.1 Å². The molecule has 3 N–H and O–H groups in total. The Hall–Kier alpha value is -0.620. The van der Waals surface area contributed by atoms with E-state index in [9.17, 15) is 13.2 Å². The predicted molar refractivity (Wildman–Crippen MR) is 48.9 cm³/mol. The van der Waals surface area contributed by atoms with Gasteiger partial charge in [-0.25, -0.2) is 8.42 Å². The fourth-order valence-electron chi connectivity index (χ4n) is 1.02. The van der Waals surface area contributed by atoms with Gasteiger partial charge in [-0.15, -0.1) is 0 Å². The van der Waals surface area contributed by atoms with Gasteiger partial charge in [-0.2, -0.15) is 0 Å². The van der Waals surface area contributed by atoms with E-state index in [0.717, 1.165) is 0 Å². The number of hydrogen-bond donors (Lipinski definition) is 2. The minimum Gasteiger partial charge on any atom is -0.350 e.